The highest BCUT2D eigenvalue weighted by atomic mass is 32.2. The van der Waals surface area contributed by atoms with Crippen molar-refractivity contribution in [2.24, 2.45) is 7.05 Å². The Morgan fingerprint density at radius 1 is 1.17 bits per heavy atom. The lowest BCUT2D eigenvalue weighted by Gasteiger charge is -2.18. The third-order valence-electron chi connectivity index (χ3n) is 4.83. The molecular formula is C20H25N5O3S. The van der Waals surface area contributed by atoms with Crippen LogP contribution >= 0.6 is 0 Å². The highest BCUT2D eigenvalue weighted by Gasteiger charge is 2.18. The van der Waals surface area contributed by atoms with E-state index in [9.17, 15) is 13.2 Å². The Morgan fingerprint density at radius 3 is 2.45 bits per heavy atom. The summed E-state index contributed by atoms with van der Waals surface area (Å²) in [6.45, 7) is 7.03. The fourth-order valence-electron chi connectivity index (χ4n) is 3.20. The number of sulfonamides is 1. The van der Waals surface area contributed by atoms with Crippen molar-refractivity contribution in [1.82, 2.24) is 19.7 Å². The number of carbonyl (C=O) groups excluding carboxylic acids is 1. The molecule has 0 unspecified atom stereocenters. The third-order valence-corrected chi connectivity index (χ3v) is 6.17. The van der Waals surface area contributed by atoms with E-state index in [1.54, 1.807) is 47.0 Å². The minimum atomic E-state index is -3.79. The second-order valence-electron chi connectivity index (χ2n) is 6.80. The Balaban J connectivity index is 1.77. The zero-order valence-corrected chi connectivity index (χ0v) is 17.8. The number of likely N-dealkylation sites (N-methyl/N-ethyl adjacent to an activating group) is 1. The Hall–Kier alpha value is -2.94. The Labute approximate surface area is 170 Å². The number of anilines is 1. The van der Waals surface area contributed by atoms with Gasteiger partial charge in [0.2, 0.25) is 5.91 Å². The van der Waals surface area contributed by atoms with Crippen LogP contribution < -0.4 is 4.72 Å². The van der Waals surface area contributed by atoms with Crippen LogP contribution in [-0.2, 0) is 28.3 Å². The van der Waals surface area contributed by atoms with Crippen LogP contribution in [0.5, 0.6) is 0 Å². The van der Waals surface area contributed by atoms with Gasteiger partial charge in [0.15, 0.2) is 5.65 Å². The van der Waals surface area contributed by atoms with E-state index in [2.05, 4.69) is 14.8 Å². The predicted molar refractivity (Wildman–Crippen MR) is 112 cm³/mol. The van der Waals surface area contributed by atoms with Gasteiger partial charge in [0.05, 0.1) is 12.1 Å². The zero-order chi connectivity index (χ0) is 21.2. The molecule has 3 aromatic rings. The van der Waals surface area contributed by atoms with E-state index < -0.39 is 10.0 Å². The fraction of sp³-hybridized carbons (Fsp3) is 0.350. The van der Waals surface area contributed by atoms with Crippen molar-refractivity contribution >= 4 is 32.7 Å². The number of hydrogen-bond acceptors (Lipinski definition) is 5. The van der Waals surface area contributed by atoms with E-state index in [0.29, 0.717) is 35.5 Å². The lowest BCUT2D eigenvalue weighted by molar-refractivity contribution is -0.130. The molecule has 8 nitrogen and oxygen atoms in total. The standard InChI is InChI=1S/C20H25N5O3S/c1-5-25(6-2)19(26)11-15-7-9-16(10-8-15)23-29(27,28)17-12-18-14(3)22-24(4)20(18)21-13-17/h7-10,12-13,23H,5-6,11H2,1-4H3. The van der Waals surface area contributed by atoms with Gasteiger partial charge in [-0.1, -0.05) is 12.1 Å². The molecule has 0 saturated carbocycles. The fourth-order valence-corrected chi connectivity index (χ4v) is 4.23. The molecule has 1 aromatic carbocycles. The topological polar surface area (TPSA) is 97.2 Å². The van der Waals surface area contributed by atoms with Crippen LogP contribution in [0.25, 0.3) is 11.0 Å². The van der Waals surface area contributed by atoms with Crippen molar-refractivity contribution in [2.45, 2.75) is 32.1 Å². The normalized spacial score (nSPS) is 11.6. The van der Waals surface area contributed by atoms with Gasteiger partial charge in [-0.3, -0.25) is 14.2 Å². The summed E-state index contributed by atoms with van der Waals surface area (Å²) in [5, 5.41) is 4.96. The molecule has 0 aliphatic rings. The molecule has 0 aliphatic carbocycles. The van der Waals surface area contributed by atoms with Gasteiger partial charge in [0.1, 0.15) is 4.90 Å². The summed E-state index contributed by atoms with van der Waals surface area (Å²) in [7, 11) is -2.03. The number of aryl methyl sites for hydroxylation is 2. The summed E-state index contributed by atoms with van der Waals surface area (Å²) in [6, 6.07) is 8.40. The number of pyridine rings is 1. The van der Waals surface area contributed by atoms with Crippen molar-refractivity contribution in [1.29, 1.82) is 0 Å². The Kier molecular flexibility index (Phi) is 5.88. The molecule has 0 bridgehead atoms. The van der Waals surface area contributed by atoms with Crippen molar-refractivity contribution in [3.8, 4) is 0 Å². The molecule has 154 valence electrons. The molecule has 0 aliphatic heterocycles. The molecule has 2 heterocycles. The lowest BCUT2D eigenvalue weighted by atomic mass is 10.1. The van der Waals surface area contributed by atoms with Crippen LogP contribution in [0.2, 0.25) is 0 Å². The minimum absolute atomic E-state index is 0.0505. The molecule has 0 radical (unpaired) electrons. The van der Waals surface area contributed by atoms with Gasteiger partial charge < -0.3 is 4.90 Å². The minimum Gasteiger partial charge on any atom is -0.343 e. The molecule has 1 amide bonds. The molecule has 0 fully saturated rings. The number of hydrogen-bond donors (Lipinski definition) is 1. The van der Waals surface area contributed by atoms with Crippen LogP contribution in [0, 0.1) is 6.92 Å². The molecule has 0 spiro atoms. The van der Waals surface area contributed by atoms with Gasteiger partial charge >= 0.3 is 0 Å². The van der Waals surface area contributed by atoms with Crippen LogP contribution in [-0.4, -0.2) is 47.1 Å². The first kappa shape index (κ1) is 20.8. The van der Waals surface area contributed by atoms with Gasteiger partial charge in [-0.15, -0.1) is 0 Å². The number of fused-ring (bicyclic) bond motifs is 1. The van der Waals surface area contributed by atoms with Crippen LogP contribution in [0.15, 0.2) is 41.4 Å². The van der Waals surface area contributed by atoms with Gasteiger partial charge in [-0.2, -0.15) is 5.10 Å². The molecule has 2 aromatic heterocycles. The number of benzene rings is 1. The maximum Gasteiger partial charge on any atom is 0.263 e. The Bertz CT molecular complexity index is 1130. The van der Waals surface area contributed by atoms with E-state index in [1.807, 2.05) is 20.8 Å². The zero-order valence-electron chi connectivity index (χ0n) is 17.0. The van der Waals surface area contributed by atoms with Crippen LogP contribution in [0.1, 0.15) is 25.1 Å². The predicted octanol–water partition coefficient (Wildman–Crippen LogP) is 2.49. The number of rotatable bonds is 7. The average Bonchev–Trinajstić information content (AvgIpc) is 2.97. The van der Waals surface area contributed by atoms with E-state index in [1.165, 1.54) is 6.20 Å². The van der Waals surface area contributed by atoms with Gasteiger partial charge in [0.25, 0.3) is 10.0 Å². The second-order valence-corrected chi connectivity index (χ2v) is 8.48. The number of nitrogens with one attached hydrogen (secondary N) is 1. The molecule has 29 heavy (non-hydrogen) atoms. The maximum absolute atomic E-state index is 12.8. The molecular weight excluding hydrogens is 390 g/mol. The summed E-state index contributed by atoms with van der Waals surface area (Å²) < 4.78 is 29.7. The summed E-state index contributed by atoms with van der Waals surface area (Å²) in [5.74, 6) is 0.0505. The monoisotopic (exact) mass is 415 g/mol. The van der Waals surface area contributed by atoms with Crippen LogP contribution in [0.3, 0.4) is 0 Å². The third kappa shape index (κ3) is 4.40. The summed E-state index contributed by atoms with van der Waals surface area (Å²) in [4.78, 5) is 18.3. The number of nitrogens with zero attached hydrogens (tertiary/aromatic N) is 4. The van der Waals surface area contributed by atoms with Crippen molar-refractivity contribution < 1.29 is 13.2 Å². The lowest BCUT2D eigenvalue weighted by Crippen LogP contribution is -2.31. The highest BCUT2D eigenvalue weighted by Crippen LogP contribution is 2.22. The SMILES string of the molecule is CCN(CC)C(=O)Cc1ccc(NS(=O)(=O)c2cnc3c(c2)c(C)nn3C)cc1. The van der Waals surface area contributed by atoms with Gasteiger partial charge in [-0.25, -0.2) is 13.4 Å². The van der Waals surface area contributed by atoms with Crippen LogP contribution in [0.4, 0.5) is 5.69 Å². The number of aromatic nitrogens is 3. The summed E-state index contributed by atoms with van der Waals surface area (Å²) in [5.41, 5.74) is 2.60. The highest BCUT2D eigenvalue weighted by molar-refractivity contribution is 7.92. The van der Waals surface area contributed by atoms with Gasteiger partial charge in [-0.05, 0) is 44.5 Å². The largest absolute Gasteiger partial charge is 0.343 e. The average molecular weight is 416 g/mol. The van der Waals surface area contributed by atoms with Crippen molar-refractivity contribution in [3.63, 3.8) is 0 Å². The summed E-state index contributed by atoms with van der Waals surface area (Å²) >= 11 is 0. The first-order valence-electron chi connectivity index (χ1n) is 9.44. The van der Waals surface area contributed by atoms with E-state index in [-0.39, 0.29) is 17.2 Å². The molecule has 3 rings (SSSR count). The number of carbonyl (C=O) groups is 1. The first-order chi connectivity index (χ1) is 13.7. The van der Waals surface area contributed by atoms with Crippen molar-refractivity contribution in [3.05, 3.63) is 47.8 Å². The Morgan fingerprint density at radius 2 is 1.83 bits per heavy atom. The van der Waals surface area contributed by atoms with E-state index in [0.717, 1.165) is 5.56 Å². The maximum atomic E-state index is 12.8. The number of amides is 1. The molecule has 0 atom stereocenters. The smallest absolute Gasteiger partial charge is 0.263 e. The van der Waals surface area contributed by atoms with Crippen molar-refractivity contribution in [2.75, 3.05) is 17.8 Å². The molecule has 1 N–H and O–H groups in total. The van der Waals surface area contributed by atoms with E-state index in [4.69, 9.17) is 0 Å². The summed E-state index contributed by atoms with van der Waals surface area (Å²) in [6.07, 6.45) is 1.61. The quantitative estimate of drug-likeness (QED) is 0.639. The van der Waals surface area contributed by atoms with Gasteiger partial charge in [0, 0.05) is 37.4 Å². The van der Waals surface area contributed by atoms with E-state index >= 15 is 0 Å². The molecule has 9 heteroatoms. The molecule has 0 saturated heterocycles. The second kappa shape index (κ2) is 8.20. The first-order valence-corrected chi connectivity index (χ1v) is 10.9.